The smallest absolute Gasteiger partial charge is 0.269 e. The molecule has 0 radical (unpaired) electrons. The Morgan fingerprint density at radius 1 is 1.40 bits per heavy atom. The first-order chi connectivity index (χ1) is 9.58. The number of amides is 1. The second kappa shape index (κ2) is 6.00. The SMILES string of the molecule is CCCC1NC(c2cccc([N+](=O)[O-])c2)N(CC)C1=O. The fourth-order valence-corrected chi connectivity index (χ4v) is 2.60. The second-order valence-electron chi connectivity index (χ2n) is 4.89. The highest BCUT2D eigenvalue weighted by atomic mass is 16.6. The van der Waals surface area contributed by atoms with Gasteiger partial charge in [0.05, 0.1) is 11.0 Å². The maximum absolute atomic E-state index is 12.3. The zero-order valence-corrected chi connectivity index (χ0v) is 11.7. The molecule has 1 aromatic carbocycles. The van der Waals surface area contributed by atoms with Gasteiger partial charge in [-0.1, -0.05) is 25.5 Å². The van der Waals surface area contributed by atoms with Crippen molar-refractivity contribution in [2.75, 3.05) is 6.54 Å². The molecule has 1 aliphatic heterocycles. The van der Waals surface area contributed by atoms with E-state index < -0.39 is 4.92 Å². The Labute approximate surface area is 117 Å². The topological polar surface area (TPSA) is 75.5 Å². The normalized spacial score (nSPS) is 22.3. The van der Waals surface area contributed by atoms with Gasteiger partial charge in [-0.25, -0.2) is 0 Å². The van der Waals surface area contributed by atoms with Crippen LogP contribution in [0.2, 0.25) is 0 Å². The van der Waals surface area contributed by atoms with Crippen LogP contribution in [-0.2, 0) is 4.79 Å². The number of hydrogen-bond donors (Lipinski definition) is 1. The van der Waals surface area contributed by atoms with E-state index in [4.69, 9.17) is 0 Å². The summed E-state index contributed by atoms with van der Waals surface area (Å²) >= 11 is 0. The molecule has 1 N–H and O–H groups in total. The molecule has 1 heterocycles. The minimum absolute atomic E-state index is 0.0479. The van der Waals surface area contributed by atoms with E-state index in [-0.39, 0.29) is 23.8 Å². The Hall–Kier alpha value is -1.95. The van der Waals surface area contributed by atoms with E-state index in [1.165, 1.54) is 12.1 Å². The Balaban J connectivity index is 2.29. The van der Waals surface area contributed by atoms with Gasteiger partial charge in [0.15, 0.2) is 0 Å². The Morgan fingerprint density at radius 3 is 2.75 bits per heavy atom. The van der Waals surface area contributed by atoms with Crippen LogP contribution in [0.3, 0.4) is 0 Å². The summed E-state index contributed by atoms with van der Waals surface area (Å²) in [7, 11) is 0. The maximum atomic E-state index is 12.3. The molecule has 0 spiro atoms. The first kappa shape index (κ1) is 14.5. The summed E-state index contributed by atoms with van der Waals surface area (Å²) in [5, 5.41) is 14.1. The van der Waals surface area contributed by atoms with Crippen molar-refractivity contribution in [1.29, 1.82) is 0 Å². The van der Waals surface area contributed by atoms with Crippen LogP contribution in [0.5, 0.6) is 0 Å². The fourth-order valence-electron chi connectivity index (χ4n) is 2.60. The molecule has 0 aliphatic carbocycles. The van der Waals surface area contributed by atoms with Crippen molar-refractivity contribution in [2.45, 2.75) is 38.9 Å². The Morgan fingerprint density at radius 2 is 2.15 bits per heavy atom. The molecule has 1 amide bonds. The van der Waals surface area contributed by atoms with Crippen LogP contribution in [0.25, 0.3) is 0 Å². The number of nitrogens with zero attached hydrogens (tertiary/aromatic N) is 2. The van der Waals surface area contributed by atoms with Crippen LogP contribution in [0.4, 0.5) is 5.69 Å². The van der Waals surface area contributed by atoms with Crippen molar-refractivity contribution in [1.82, 2.24) is 10.2 Å². The van der Waals surface area contributed by atoms with Crippen molar-refractivity contribution >= 4 is 11.6 Å². The van der Waals surface area contributed by atoms with Gasteiger partial charge >= 0.3 is 0 Å². The summed E-state index contributed by atoms with van der Waals surface area (Å²) in [6.07, 6.45) is 1.42. The highest BCUT2D eigenvalue weighted by molar-refractivity contribution is 5.84. The average molecular weight is 277 g/mol. The van der Waals surface area contributed by atoms with Gasteiger partial charge in [0.25, 0.3) is 5.69 Å². The van der Waals surface area contributed by atoms with Gasteiger partial charge in [0.1, 0.15) is 6.17 Å². The lowest BCUT2D eigenvalue weighted by Crippen LogP contribution is -2.30. The molecule has 20 heavy (non-hydrogen) atoms. The third-order valence-electron chi connectivity index (χ3n) is 3.57. The molecular formula is C14H19N3O3. The highest BCUT2D eigenvalue weighted by Crippen LogP contribution is 2.28. The number of carbonyl (C=O) groups excluding carboxylic acids is 1. The van der Waals surface area contributed by atoms with E-state index in [2.05, 4.69) is 5.32 Å². The molecule has 108 valence electrons. The van der Waals surface area contributed by atoms with Gasteiger partial charge in [-0.15, -0.1) is 0 Å². The van der Waals surface area contributed by atoms with Crippen molar-refractivity contribution in [3.63, 3.8) is 0 Å². The minimum Gasteiger partial charge on any atom is -0.322 e. The number of likely N-dealkylation sites (N-methyl/N-ethyl adjacent to an activating group) is 1. The van der Waals surface area contributed by atoms with Gasteiger partial charge in [0, 0.05) is 18.7 Å². The highest BCUT2D eigenvalue weighted by Gasteiger charge is 2.38. The summed E-state index contributed by atoms with van der Waals surface area (Å²) in [5.41, 5.74) is 0.805. The monoisotopic (exact) mass is 277 g/mol. The summed E-state index contributed by atoms with van der Waals surface area (Å²) in [6, 6.07) is 6.27. The summed E-state index contributed by atoms with van der Waals surface area (Å²) in [4.78, 5) is 24.4. The van der Waals surface area contributed by atoms with Crippen molar-refractivity contribution in [3.05, 3.63) is 39.9 Å². The van der Waals surface area contributed by atoms with Crippen LogP contribution in [0.1, 0.15) is 38.4 Å². The summed E-state index contributed by atoms with van der Waals surface area (Å²) in [6.45, 7) is 4.53. The summed E-state index contributed by atoms with van der Waals surface area (Å²) < 4.78 is 0. The van der Waals surface area contributed by atoms with E-state index >= 15 is 0 Å². The van der Waals surface area contributed by atoms with Crippen LogP contribution >= 0.6 is 0 Å². The maximum Gasteiger partial charge on any atom is 0.269 e. The van der Waals surface area contributed by atoms with E-state index in [9.17, 15) is 14.9 Å². The number of benzene rings is 1. The molecule has 0 bridgehead atoms. The Bertz CT molecular complexity index is 518. The number of rotatable bonds is 5. The number of nitro groups is 1. The zero-order valence-electron chi connectivity index (χ0n) is 11.7. The summed E-state index contributed by atoms with van der Waals surface area (Å²) in [5.74, 6) is 0.0749. The molecule has 0 aromatic heterocycles. The quantitative estimate of drug-likeness (QED) is 0.661. The van der Waals surface area contributed by atoms with Crippen molar-refractivity contribution in [3.8, 4) is 0 Å². The number of nitro benzene ring substituents is 1. The van der Waals surface area contributed by atoms with Crippen LogP contribution in [0.15, 0.2) is 24.3 Å². The molecule has 6 heteroatoms. The average Bonchev–Trinajstić information content (AvgIpc) is 2.76. The lowest BCUT2D eigenvalue weighted by molar-refractivity contribution is -0.385. The number of hydrogen-bond acceptors (Lipinski definition) is 4. The predicted molar refractivity (Wildman–Crippen MR) is 75.1 cm³/mol. The van der Waals surface area contributed by atoms with Gasteiger partial charge in [-0.3, -0.25) is 20.2 Å². The molecule has 1 saturated heterocycles. The Kier molecular flexibility index (Phi) is 4.34. The first-order valence-electron chi connectivity index (χ1n) is 6.89. The fraction of sp³-hybridized carbons (Fsp3) is 0.500. The van der Waals surface area contributed by atoms with Gasteiger partial charge in [0.2, 0.25) is 5.91 Å². The largest absolute Gasteiger partial charge is 0.322 e. The number of non-ortho nitro benzene ring substituents is 1. The molecule has 1 fully saturated rings. The van der Waals surface area contributed by atoms with Crippen LogP contribution in [0, 0.1) is 10.1 Å². The lowest BCUT2D eigenvalue weighted by Gasteiger charge is -2.22. The standard InChI is InChI=1S/C14H19N3O3/c1-3-6-12-14(18)16(4-2)13(15-12)10-7-5-8-11(9-10)17(19)20/h5,7-9,12-13,15H,3-4,6H2,1-2H3. The molecule has 6 nitrogen and oxygen atoms in total. The lowest BCUT2D eigenvalue weighted by atomic mass is 10.1. The third-order valence-corrected chi connectivity index (χ3v) is 3.57. The van der Waals surface area contributed by atoms with Crippen LogP contribution in [-0.4, -0.2) is 28.3 Å². The molecular weight excluding hydrogens is 258 g/mol. The van der Waals surface area contributed by atoms with E-state index in [1.54, 1.807) is 11.0 Å². The van der Waals surface area contributed by atoms with Gasteiger partial charge < -0.3 is 4.90 Å². The van der Waals surface area contributed by atoms with Gasteiger partial charge in [-0.2, -0.15) is 0 Å². The molecule has 0 saturated carbocycles. The number of nitrogens with one attached hydrogen (secondary N) is 1. The predicted octanol–water partition coefficient (Wildman–Crippen LogP) is 2.21. The van der Waals surface area contributed by atoms with E-state index in [0.717, 1.165) is 18.4 Å². The van der Waals surface area contributed by atoms with Crippen molar-refractivity contribution in [2.24, 2.45) is 0 Å². The van der Waals surface area contributed by atoms with Crippen molar-refractivity contribution < 1.29 is 9.72 Å². The molecule has 2 atom stereocenters. The molecule has 1 aromatic rings. The third kappa shape index (κ3) is 2.65. The van der Waals surface area contributed by atoms with E-state index in [1.807, 2.05) is 19.9 Å². The van der Waals surface area contributed by atoms with Gasteiger partial charge in [-0.05, 0) is 18.9 Å². The van der Waals surface area contributed by atoms with E-state index in [0.29, 0.717) is 6.54 Å². The second-order valence-corrected chi connectivity index (χ2v) is 4.89. The first-order valence-corrected chi connectivity index (χ1v) is 6.89. The molecule has 2 rings (SSSR count). The number of carbonyl (C=O) groups is 1. The minimum atomic E-state index is -0.417. The van der Waals surface area contributed by atoms with Crippen LogP contribution < -0.4 is 5.32 Å². The molecule has 1 aliphatic rings. The zero-order chi connectivity index (χ0) is 14.7. The molecule has 2 unspecified atom stereocenters.